The average Bonchev–Trinajstić information content (AvgIpc) is 2.60. The van der Waals surface area contributed by atoms with E-state index >= 15 is 0 Å². The smallest absolute Gasteiger partial charge is 0.335 e. The Labute approximate surface area is 146 Å². The van der Waals surface area contributed by atoms with Crippen molar-refractivity contribution in [3.63, 3.8) is 0 Å². The highest BCUT2D eigenvalue weighted by Gasteiger charge is 2.24. The molecular weight excluding hydrogens is 342 g/mol. The van der Waals surface area contributed by atoms with E-state index in [4.69, 9.17) is 9.84 Å². The molecule has 1 atom stereocenters. The van der Waals surface area contributed by atoms with Crippen LogP contribution in [0.4, 0.5) is 0 Å². The minimum atomic E-state index is -3.84. The van der Waals surface area contributed by atoms with Gasteiger partial charge in [0.15, 0.2) is 0 Å². The van der Waals surface area contributed by atoms with Crippen LogP contribution in [0.15, 0.2) is 47.4 Å². The minimum absolute atomic E-state index is 0.0310. The first-order valence-corrected chi connectivity index (χ1v) is 9.40. The summed E-state index contributed by atoms with van der Waals surface area (Å²) < 4.78 is 33.5. The predicted molar refractivity (Wildman–Crippen MR) is 92.2 cm³/mol. The van der Waals surface area contributed by atoms with Crippen LogP contribution in [-0.4, -0.2) is 32.6 Å². The molecule has 0 aromatic heterocycles. The van der Waals surface area contributed by atoms with E-state index in [2.05, 4.69) is 4.72 Å². The second-order valence-electron chi connectivity index (χ2n) is 5.95. The second-order valence-corrected chi connectivity index (χ2v) is 7.68. The molecule has 2 aromatic carbocycles. The molecule has 0 saturated carbocycles. The summed E-state index contributed by atoms with van der Waals surface area (Å²) in [6, 6.07) is 11.8. The third kappa shape index (κ3) is 3.73. The largest absolute Gasteiger partial charge is 0.478 e. The van der Waals surface area contributed by atoms with Gasteiger partial charge in [0.25, 0.3) is 0 Å². The zero-order chi connectivity index (χ0) is 18.0. The van der Waals surface area contributed by atoms with Gasteiger partial charge in [-0.3, -0.25) is 0 Å². The standard InChI is InChI=1S/C18H19NO5S/c1-12-6-7-14(18(20)21)10-17(12)25(22,23)19-11-16-15-5-3-2-4-13(15)8-9-24-16/h2-7,10,16,19H,8-9,11H2,1H3,(H,20,21). The van der Waals surface area contributed by atoms with Crippen molar-refractivity contribution in [3.05, 3.63) is 64.7 Å². The summed E-state index contributed by atoms with van der Waals surface area (Å²) in [6.45, 7) is 2.26. The number of nitrogens with one attached hydrogen (secondary N) is 1. The summed E-state index contributed by atoms with van der Waals surface area (Å²) in [5.74, 6) is -1.17. The molecule has 0 spiro atoms. The summed E-state index contributed by atoms with van der Waals surface area (Å²) in [6.07, 6.45) is 0.446. The number of aromatic carboxylic acids is 1. The number of carbonyl (C=O) groups is 1. The van der Waals surface area contributed by atoms with Gasteiger partial charge in [0.2, 0.25) is 10.0 Å². The fourth-order valence-corrected chi connectivity index (χ4v) is 4.23. The van der Waals surface area contributed by atoms with Crippen molar-refractivity contribution in [2.24, 2.45) is 0 Å². The summed E-state index contributed by atoms with van der Waals surface area (Å²) in [5.41, 5.74) is 2.56. The van der Waals surface area contributed by atoms with E-state index in [0.717, 1.165) is 17.5 Å². The van der Waals surface area contributed by atoms with E-state index in [0.29, 0.717) is 12.2 Å². The number of aryl methyl sites for hydroxylation is 1. The van der Waals surface area contributed by atoms with Gasteiger partial charge >= 0.3 is 5.97 Å². The summed E-state index contributed by atoms with van der Waals surface area (Å²) in [5, 5.41) is 9.07. The molecule has 1 aliphatic rings. The van der Waals surface area contributed by atoms with Gasteiger partial charge in [0.1, 0.15) is 0 Å². The van der Waals surface area contributed by atoms with Crippen LogP contribution < -0.4 is 4.72 Å². The molecule has 0 saturated heterocycles. The average molecular weight is 361 g/mol. The number of ether oxygens (including phenoxy) is 1. The summed E-state index contributed by atoms with van der Waals surface area (Å²) >= 11 is 0. The monoisotopic (exact) mass is 361 g/mol. The Morgan fingerprint density at radius 3 is 2.80 bits per heavy atom. The molecule has 7 heteroatoms. The summed E-state index contributed by atoms with van der Waals surface area (Å²) in [7, 11) is -3.84. The number of fused-ring (bicyclic) bond motifs is 1. The Bertz CT molecular complexity index is 907. The Balaban J connectivity index is 1.82. The van der Waals surface area contributed by atoms with E-state index in [1.807, 2.05) is 24.3 Å². The first kappa shape index (κ1) is 17.6. The van der Waals surface area contributed by atoms with Gasteiger partial charge in [0, 0.05) is 6.54 Å². The summed E-state index contributed by atoms with van der Waals surface area (Å²) in [4.78, 5) is 11.1. The number of hydrogen-bond acceptors (Lipinski definition) is 4. The third-order valence-corrected chi connectivity index (χ3v) is 5.84. The molecule has 2 aromatic rings. The van der Waals surface area contributed by atoms with Gasteiger partial charge in [-0.2, -0.15) is 0 Å². The van der Waals surface area contributed by atoms with Gasteiger partial charge in [-0.25, -0.2) is 17.9 Å². The molecule has 0 radical (unpaired) electrons. The van der Waals surface area contributed by atoms with Crippen LogP contribution in [0, 0.1) is 6.92 Å². The van der Waals surface area contributed by atoms with E-state index in [1.54, 1.807) is 6.92 Å². The molecule has 0 amide bonds. The topological polar surface area (TPSA) is 92.7 Å². The number of carboxylic acids is 1. The normalized spacial score (nSPS) is 17.1. The Morgan fingerprint density at radius 1 is 1.28 bits per heavy atom. The molecule has 0 fully saturated rings. The number of carboxylic acid groups (broad SMARTS) is 1. The number of sulfonamides is 1. The minimum Gasteiger partial charge on any atom is -0.478 e. The van der Waals surface area contributed by atoms with E-state index < -0.39 is 16.0 Å². The molecule has 3 rings (SSSR count). The zero-order valence-corrected chi connectivity index (χ0v) is 14.5. The molecule has 6 nitrogen and oxygen atoms in total. The van der Waals surface area contributed by atoms with Crippen molar-refractivity contribution in [1.82, 2.24) is 4.72 Å². The SMILES string of the molecule is Cc1ccc(C(=O)O)cc1S(=O)(=O)NCC1OCCc2ccccc21. The van der Waals surface area contributed by atoms with Gasteiger partial charge in [-0.15, -0.1) is 0 Å². The molecule has 1 heterocycles. The van der Waals surface area contributed by atoms with Crippen LogP contribution in [0.25, 0.3) is 0 Å². The molecule has 1 aliphatic heterocycles. The van der Waals surface area contributed by atoms with Crippen molar-refractivity contribution >= 4 is 16.0 Å². The lowest BCUT2D eigenvalue weighted by atomic mass is 9.98. The van der Waals surface area contributed by atoms with Crippen molar-refractivity contribution < 1.29 is 23.1 Å². The van der Waals surface area contributed by atoms with Crippen molar-refractivity contribution in [2.75, 3.05) is 13.2 Å². The Kier molecular flexibility index (Phi) is 4.89. The van der Waals surface area contributed by atoms with Gasteiger partial charge in [-0.1, -0.05) is 30.3 Å². The lowest BCUT2D eigenvalue weighted by Crippen LogP contribution is -2.32. The highest BCUT2D eigenvalue weighted by Crippen LogP contribution is 2.27. The zero-order valence-electron chi connectivity index (χ0n) is 13.7. The second kappa shape index (κ2) is 6.95. The van der Waals surface area contributed by atoms with Crippen LogP contribution in [0.2, 0.25) is 0 Å². The molecule has 25 heavy (non-hydrogen) atoms. The molecular formula is C18H19NO5S. The maximum absolute atomic E-state index is 12.6. The van der Waals surface area contributed by atoms with E-state index in [-0.39, 0.29) is 23.1 Å². The van der Waals surface area contributed by atoms with Gasteiger partial charge in [-0.05, 0) is 42.2 Å². The van der Waals surface area contributed by atoms with Crippen LogP contribution >= 0.6 is 0 Å². The highest BCUT2D eigenvalue weighted by atomic mass is 32.2. The highest BCUT2D eigenvalue weighted by molar-refractivity contribution is 7.89. The maximum Gasteiger partial charge on any atom is 0.335 e. The van der Waals surface area contributed by atoms with Crippen LogP contribution in [0.1, 0.15) is 33.2 Å². The molecule has 0 aliphatic carbocycles. The predicted octanol–water partition coefficient (Wildman–Crippen LogP) is 2.29. The first-order valence-electron chi connectivity index (χ1n) is 7.91. The quantitative estimate of drug-likeness (QED) is 0.852. The van der Waals surface area contributed by atoms with Crippen LogP contribution in [0.5, 0.6) is 0 Å². The van der Waals surface area contributed by atoms with Crippen LogP contribution in [0.3, 0.4) is 0 Å². The molecule has 0 bridgehead atoms. The number of hydrogen-bond donors (Lipinski definition) is 2. The fourth-order valence-electron chi connectivity index (χ4n) is 2.93. The van der Waals surface area contributed by atoms with Crippen molar-refractivity contribution in [1.29, 1.82) is 0 Å². The Morgan fingerprint density at radius 2 is 2.04 bits per heavy atom. The molecule has 132 valence electrons. The van der Waals surface area contributed by atoms with Gasteiger partial charge < -0.3 is 9.84 Å². The maximum atomic E-state index is 12.6. The Hall–Kier alpha value is -2.22. The fraction of sp³-hybridized carbons (Fsp3) is 0.278. The third-order valence-electron chi connectivity index (χ3n) is 4.28. The lowest BCUT2D eigenvalue weighted by Gasteiger charge is -2.26. The molecule has 2 N–H and O–H groups in total. The lowest BCUT2D eigenvalue weighted by molar-refractivity contribution is 0.0460. The first-order chi connectivity index (χ1) is 11.9. The molecule has 1 unspecified atom stereocenters. The van der Waals surface area contributed by atoms with Crippen molar-refractivity contribution in [2.45, 2.75) is 24.3 Å². The van der Waals surface area contributed by atoms with E-state index in [1.165, 1.54) is 18.2 Å². The van der Waals surface area contributed by atoms with Crippen LogP contribution in [-0.2, 0) is 21.2 Å². The van der Waals surface area contributed by atoms with Gasteiger partial charge in [0.05, 0.1) is 23.2 Å². The van der Waals surface area contributed by atoms with E-state index in [9.17, 15) is 13.2 Å². The number of rotatable bonds is 5. The van der Waals surface area contributed by atoms with Crippen molar-refractivity contribution in [3.8, 4) is 0 Å². The number of benzene rings is 2.